The monoisotopic (exact) mass is 476 g/mol. The average Bonchev–Trinajstić information content (AvgIpc) is 3.53. The first-order valence-corrected chi connectivity index (χ1v) is 12.1. The van der Waals surface area contributed by atoms with Crippen LogP contribution in [0.25, 0.3) is 0 Å². The summed E-state index contributed by atoms with van der Waals surface area (Å²) in [4.78, 5) is 27.1. The first kappa shape index (κ1) is 23.1. The van der Waals surface area contributed by atoms with Gasteiger partial charge >= 0.3 is 0 Å². The summed E-state index contributed by atoms with van der Waals surface area (Å²) in [6.07, 6.45) is 2.74. The van der Waals surface area contributed by atoms with E-state index < -0.39 is 6.04 Å². The molecule has 1 saturated carbocycles. The Morgan fingerprint density at radius 3 is 2.71 bits per heavy atom. The number of hydrogen-bond acceptors (Lipinski definition) is 4. The lowest BCUT2D eigenvalue weighted by Crippen LogP contribution is -2.42. The summed E-state index contributed by atoms with van der Waals surface area (Å²) in [6, 6.07) is 15.5. The van der Waals surface area contributed by atoms with Crippen molar-refractivity contribution in [1.29, 1.82) is 0 Å². The minimum absolute atomic E-state index is 0.0313. The maximum absolute atomic E-state index is 14.1. The van der Waals surface area contributed by atoms with Crippen molar-refractivity contribution in [3.63, 3.8) is 0 Å². The first-order chi connectivity index (χ1) is 16.9. The lowest BCUT2D eigenvalue weighted by molar-refractivity contribution is -0.136. The maximum Gasteiger partial charge on any atom is 0.287 e. The summed E-state index contributed by atoms with van der Waals surface area (Å²) in [5.74, 6) is 0.751. The van der Waals surface area contributed by atoms with E-state index >= 15 is 0 Å². The number of hydrogen-bond donors (Lipinski definition) is 1. The molecule has 0 spiro atoms. The topological polar surface area (TPSA) is 71.8 Å². The number of benzene rings is 2. The number of halogens is 1. The molecule has 7 heteroatoms. The largest absolute Gasteiger partial charge is 0.486 e. The van der Waals surface area contributed by atoms with Crippen molar-refractivity contribution < 1.29 is 23.1 Å². The quantitative estimate of drug-likeness (QED) is 0.520. The molecule has 5 rings (SSSR count). The van der Waals surface area contributed by atoms with E-state index in [0.717, 1.165) is 36.0 Å². The summed E-state index contributed by atoms with van der Waals surface area (Å²) < 4.78 is 25.8. The fraction of sp³-hybridized carbons (Fsp3) is 0.357. The van der Waals surface area contributed by atoms with Crippen LogP contribution in [-0.4, -0.2) is 29.3 Å². The molecule has 2 aromatic carbocycles. The van der Waals surface area contributed by atoms with Crippen LogP contribution in [0.15, 0.2) is 59.0 Å². The molecular weight excluding hydrogens is 447 g/mol. The van der Waals surface area contributed by atoms with E-state index in [0.29, 0.717) is 18.1 Å². The highest BCUT2D eigenvalue weighted by Gasteiger charge is 2.33. The number of rotatable bonds is 7. The van der Waals surface area contributed by atoms with Crippen molar-refractivity contribution in [3.8, 4) is 5.75 Å². The Morgan fingerprint density at radius 2 is 1.97 bits per heavy atom. The first-order valence-electron chi connectivity index (χ1n) is 12.1. The van der Waals surface area contributed by atoms with Crippen LogP contribution in [0.2, 0.25) is 0 Å². The van der Waals surface area contributed by atoms with Crippen LogP contribution in [0, 0.1) is 11.7 Å². The van der Waals surface area contributed by atoms with Gasteiger partial charge in [-0.1, -0.05) is 32.0 Å². The third kappa shape index (κ3) is 5.09. The summed E-state index contributed by atoms with van der Waals surface area (Å²) >= 11 is 0. The number of carbonyl (C=O) groups is 2. The average molecular weight is 477 g/mol. The van der Waals surface area contributed by atoms with Gasteiger partial charge in [-0.3, -0.25) is 9.59 Å². The van der Waals surface area contributed by atoms with Gasteiger partial charge in [0.2, 0.25) is 5.91 Å². The third-order valence-electron chi connectivity index (χ3n) is 6.47. The van der Waals surface area contributed by atoms with Gasteiger partial charge in [0.05, 0.1) is 6.04 Å². The molecule has 2 heterocycles. The van der Waals surface area contributed by atoms with Crippen LogP contribution >= 0.6 is 0 Å². The molecule has 2 amide bonds. The molecule has 182 valence electrons. The molecule has 1 atom stereocenters. The predicted molar refractivity (Wildman–Crippen MR) is 128 cm³/mol. The number of furan rings is 1. The van der Waals surface area contributed by atoms with Gasteiger partial charge in [-0.2, -0.15) is 0 Å². The molecule has 0 bridgehead atoms. The van der Waals surface area contributed by atoms with Crippen molar-refractivity contribution in [2.75, 3.05) is 6.54 Å². The van der Waals surface area contributed by atoms with Crippen LogP contribution in [0.5, 0.6) is 5.75 Å². The number of fused-ring (bicyclic) bond motifs is 1. The zero-order valence-electron chi connectivity index (χ0n) is 19.9. The van der Waals surface area contributed by atoms with Crippen LogP contribution in [0.1, 0.15) is 65.7 Å². The second-order valence-corrected chi connectivity index (χ2v) is 9.56. The van der Waals surface area contributed by atoms with Gasteiger partial charge in [-0.25, -0.2) is 4.39 Å². The molecule has 35 heavy (non-hydrogen) atoms. The van der Waals surface area contributed by atoms with Gasteiger partial charge in [0, 0.05) is 18.5 Å². The second-order valence-electron chi connectivity index (χ2n) is 9.56. The van der Waals surface area contributed by atoms with Crippen molar-refractivity contribution in [3.05, 3.63) is 88.6 Å². The molecule has 1 aliphatic carbocycles. The Hall–Kier alpha value is -3.61. The molecular formula is C28H29FN2O4. The Balaban J connectivity index is 1.38. The molecule has 0 unspecified atom stereocenters. The maximum atomic E-state index is 14.1. The molecule has 2 aliphatic rings. The molecule has 1 aromatic heterocycles. The van der Waals surface area contributed by atoms with Gasteiger partial charge in [-0.15, -0.1) is 0 Å². The Labute approximate surface area is 204 Å². The molecule has 1 aliphatic heterocycles. The van der Waals surface area contributed by atoms with Crippen LogP contribution in [0.3, 0.4) is 0 Å². The van der Waals surface area contributed by atoms with E-state index in [2.05, 4.69) is 5.32 Å². The van der Waals surface area contributed by atoms with Crippen molar-refractivity contribution in [2.24, 2.45) is 5.92 Å². The Kier molecular flexibility index (Phi) is 6.32. The molecule has 0 radical (unpaired) electrons. The van der Waals surface area contributed by atoms with E-state index in [1.54, 1.807) is 18.2 Å². The van der Waals surface area contributed by atoms with E-state index in [4.69, 9.17) is 9.15 Å². The van der Waals surface area contributed by atoms with Crippen LogP contribution in [0.4, 0.5) is 4.39 Å². The minimum atomic E-state index is -0.394. The molecule has 3 aromatic rings. The summed E-state index contributed by atoms with van der Waals surface area (Å²) in [6.45, 7) is 4.49. The number of amides is 2. The van der Waals surface area contributed by atoms with E-state index in [1.807, 2.05) is 43.0 Å². The highest BCUT2D eigenvalue weighted by molar-refractivity contribution is 5.91. The zero-order valence-corrected chi connectivity index (χ0v) is 19.9. The number of ether oxygens (including phenoxy) is 1. The Bertz CT molecular complexity index is 1250. The Morgan fingerprint density at radius 1 is 1.14 bits per heavy atom. The molecule has 1 N–H and O–H groups in total. The van der Waals surface area contributed by atoms with Crippen molar-refractivity contribution in [1.82, 2.24) is 10.2 Å². The smallest absolute Gasteiger partial charge is 0.287 e. The van der Waals surface area contributed by atoms with Gasteiger partial charge in [-0.05, 0) is 72.4 Å². The number of carbonyl (C=O) groups excluding carboxylic acids is 2. The van der Waals surface area contributed by atoms with Gasteiger partial charge in [0.15, 0.2) is 5.76 Å². The van der Waals surface area contributed by atoms with Crippen molar-refractivity contribution in [2.45, 2.75) is 51.8 Å². The zero-order chi connectivity index (χ0) is 24.5. The highest BCUT2D eigenvalue weighted by atomic mass is 19.1. The lowest BCUT2D eigenvalue weighted by Gasteiger charge is -2.39. The SMILES string of the molecule is CC(C)C(=O)N1CCc2ccc(OCc3ccc(C(=O)NC4CC4)o3)cc2[C@H]1c1cccc(F)c1. The predicted octanol–water partition coefficient (Wildman–Crippen LogP) is 5.02. The normalized spacial score (nSPS) is 17.3. The molecule has 6 nitrogen and oxygen atoms in total. The number of nitrogens with one attached hydrogen (secondary N) is 1. The third-order valence-corrected chi connectivity index (χ3v) is 6.47. The standard InChI is InChI=1S/C28H29FN2O4/c1-17(2)28(33)31-13-12-18-6-9-22(15-24(18)26(31)19-4-3-5-20(29)14-19)34-16-23-10-11-25(35-23)27(32)30-21-7-8-21/h3-6,9-11,14-15,17,21,26H,7-8,12-13,16H2,1-2H3,(H,30,32)/t26-/m1/s1. The molecule has 1 fully saturated rings. The highest BCUT2D eigenvalue weighted by Crippen LogP contribution is 2.38. The fourth-order valence-electron chi connectivity index (χ4n) is 4.50. The fourth-order valence-corrected chi connectivity index (χ4v) is 4.50. The second kappa shape index (κ2) is 9.56. The van der Waals surface area contributed by atoms with Crippen LogP contribution in [-0.2, 0) is 17.8 Å². The van der Waals surface area contributed by atoms with E-state index in [1.165, 1.54) is 12.1 Å². The van der Waals surface area contributed by atoms with Crippen molar-refractivity contribution >= 4 is 11.8 Å². The van der Waals surface area contributed by atoms with Gasteiger partial charge in [0.25, 0.3) is 5.91 Å². The van der Waals surface area contributed by atoms with Gasteiger partial charge in [0.1, 0.15) is 23.9 Å². The lowest BCUT2D eigenvalue weighted by atomic mass is 9.87. The van der Waals surface area contributed by atoms with Crippen LogP contribution < -0.4 is 10.1 Å². The number of nitrogens with zero attached hydrogens (tertiary/aromatic N) is 1. The van der Waals surface area contributed by atoms with E-state index in [-0.39, 0.29) is 42.0 Å². The summed E-state index contributed by atoms with van der Waals surface area (Å²) in [7, 11) is 0. The summed E-state index contributed by atoms with van der Waals surface area (Å²) in [5.41, 5.74) is 2.77. The van der Waals surface area contributed by atoms with E-state index in [9.17, 15) is 14.0 Å². The molecule has 0 saturated heterocycles. The summed E-state index contributed by atoms with van der Waals surface area (Å²) in [5, 5.41) is 2.90. The minimum Gasteiger partial charge on any atom is -0.486 e. The van der Waals surface area contributed by atoms with Gasteiger partial charge < -0.3 is 19.4 Å².